The summed E-state index contributed by atoms with van der Waals surface area (Å²) in [4.78, 5) is 0. The van der Waals surface area contributed by atoms with E-state index >= 15 is 0 Å². The molecule has 3 fully saturated rings. The molecule has 0 amide bonds. The van der Waals surface area contributed by atoms with Gasteiger partial charge in [0.1, 0.15) is 0 Å². The largest absolute Gasteiger partial charge is 0.0622 e. The molecule has 3 saturated carbocycles. The SMILES string of the molecule is C[C@@H]1CCC2C1C21CC1. The standard InChI is InChI=1S/C9H14/c1-6-2-3-7-8(6)9(7)4-5-9/h6-8H,2-5H2,1H3/t6-,7?,8?/m1/s1. The van der Waals surface area contributed by atoms with Gasteiger partial charge in [-0.3, -0.25) is 0 Å². The molecule has 0 saturated heterocycles. The molecule has 3 aliphatic rings. The second-order valence-corrected chi connectivity index (χ2v) is 4.42. The lowest BCUT2D eigenvalue weighted by Crippen LogP contribution is -1.95. The molecule has 0 nitrogen and oxygen atoms in total. The van der Waals surface area contributed by atoms with E-state index in [2.05, 4.69) is 6.92 Å². The Morgan fingerprint density at radius 1 is 1.22 bits per heavy atom. The number of hydrogen-bond acceptors (Lipinski definition) is 0. The highest BCUT2D eigenvalue weighted by atomic mass is 14.8. The van der Waals surface area contributed by atoms with Gasteiger partial charge in [0, 0.05) is 0 Å². The van der Waals surface area contributed by atoms with Gasteiger partial charge in [0.25, 0.3) is 0 Å². The van der Waals surface area contributed by atoms with Crippen LogP contribution in [0.2, 0.25) is 0 Å². The van der Waals surface area contributed by atoms with Crippen molar-refractivity contribution in [3.63, 3.8) is 0 Å². The molecule has 9 heavy (non-hydrogen) atoms. The molecule has 0 heterocycles. The lowest BCUT2D eigenvalue weighted by Gasteiger charge is -2.04. The van der Waals surface area contributed by atoms with Crippen molar-refractivity contribution in [1.82, 2.24) is 0 Å². The van der Waals surface area contributed by atoms with Gasteiger partial charge >= 0.3 is 0 Å². The average molecular weight is 122 g/mol. The molecular formula is C9H14. The first kappa shape index (κ1) is 4.76. The van der Waals surface area contributed by atoms with Crippen molar-refractivity contribution in [3.8, 4) is 0 Å². The molecule has 0 N–H and O–H groups in total. The molecule has 0 bridgehead atoms. The zero-order valence-corrected chi connectivity index (χ0v) is 6.06. The summed E-state index contributed by atoms with van der Waals surface area (Å²) in [5.74, 6) is 3.52. The van der Waals surface area contributed by atoms with Gasteiger partial charge in [0.15, 0.2) is 0 Å². The van der Waals surface area contributed by atoms with Gasteiger partial charge in [0.2, 0.25) is 0 Å². The van der Waals surface area contributed by atoms with E-state index in [0.29, 0.717) is 0 Å². The van der Waals surface area contributed by atoms with Gasteiger partial charge in [-0.25, -0.2) is 0 Å². The summed E-state index contributed by atoms with van der Waals surface area (Å²) in [6.45, 7) is 2.46. The Morgan fingerprint density at radius 2 is 2.00 bits per heavy atom. The number of rotatable bonds is 0. The third-order valence-corrected chi connectivity index (χ3v) is 4.10. The highest BCUT2D eigenvalue weighted by Gasteiger charge is 2.74. The highest BCUT2D eigenvalue weighted by molar-refractivity contribution is 5.22. The molecular weight excluding hydrogens is 108 g/mol. The predicted octanol–water partition coefficient (Wildman–Crippen LogP) is 2.44. The van der Waals surface area contributed by atoms with Crippen molar-refractivity contribution in [3.05, 3.63) is 0 Å². The van der Waals surface area contributed by atoms with E-state index in [1.165, 1.54) is 18.3 Å². The lowest BCUT2D eigenvalue weighted by atomic mass is 10.0. The van der Waals surface area contributed by atoms with Crippen molar-refractivity contribution in [2.24, 2.45) is 23.2 Å². The minimum absolute atomic E-state index is 0.984. The van der Waals surface area contributed by atoms with Gasteiger partial charge < -0.3 is 0 Å². The summed E-state index contributed by atoms with van der Waals surface area (Å²) in [5.41, 5.74) is 0.984. The fraction of sp³-hybridized carbons (Fsp3) is 1.00. The smallest absolute Gasteiger partial charge is 0.0232 e. The minimum Gasteiger partial charge on any atom is -0.0622 e. The van der Waals surface area contributed by atoms with Crippen molar-refractivity contribution < 1.29 is 0 Å². The Bertz CT molecular complexity index is 155. The quantitative estimate of drug-likeness (QED) is 0.463. The van der Waals surface area contributed by atoms with Crippen LogP contribution < -0.4 is 0 Å². The zero-order chi connectivity index (χ0) is 6.06. The lowest BCUT2D eigenvalue weighted by molar-refractivity contribution is 0.458. The zero-order valence-electron chi connectivity index (χ0n) is 6.06. The van der Waals surface area contributed by atoms with Gasteiger partial charge in [-0.1, -0.05) is 13.3 Å². The predicted molar refractivity (Wildman–Crippen MR) is 37.0 cm³/mol. The Hall–Kier alpha value is 0. The van der Waals surface area contributed by atoms with Crippen LogP contribution in [0.25, 0.3) is 0 Å². The van der Waals surface area contributed by atoms with Crippen molar-refractivity contribution in [2.75, 3.05) is 0 Å². The van der Waals surface area contributed by atoms with Crippen LogP contribution in [0.5, 0.6) is 0 Å². The average Bonchev–Trinajstić information content (AvgIpc) is 2.69. The Kier molecular flexibility index (Phi) is 0.574. The first-order valence-corrected chi connectivity index (χ1v) is 4.34. The summed E-state index contributed by atoms with van der Waals surface area (Å²) in [6.07, 6.45) is 6.29. The van der Waals surface area contributed by atoms with Crippen LogP contribution in [0, 0.1) is 23.2 Å². The van der Waals surface area contributed by atoms with Gasteiger partial charge in [0.05, 0.1) is 0 Å². The maximum absolute atomic E-state index is 2.46. The molecule has 50 valence electrons. The second-order valence-electron chi connectivity index (χ2n) is 4.42. The molecule has 0 radical (unpaired) electrons. The van der Waals surface area contributed by atoms with E-state index in [9.17, 15) is 0 Å². The summed E-state index contributed by atoms with van der Waals surface area (Å²) in [5, 5.41) is 0. The molecule has 0 aromatic rings. The topological polar surface area (TPSA) is 0 Å². The first-order chi connectivity index (χ1) is 4.34. The Balaban J connectivity index is 1.91. The Labute approximate surface area is 56.6 Å². The third kappa shape index (κ3) is 0.367. The molecule has 3 rings (SSSR count). The molecule has 0 aromatic heterocycles. The molecule has 2 unspecified atom stereocenters. The van der Waals surface area contributed by atoms with Crippen LogP contribution in [0.1, 0.15) is 32.6 Å². The van der Waals surface area contributed by atoms with E-state index < -0.39 is 0 Å². The number of fused-ring (bicyclic) bond motifs is 3. The minimum atomic E-state index is 0.984. The molecule has 3 atom stereocenters. The first-order valence-electron chi connectivity index (χ1n) is 4.34. The summed E-state index contributed by atoms with van der Waals surface area (Å²) < 4.78 is 0. The van der Waals surface area contributed by atoms with Crippen LogP contribution in [-0.4, -0.2) is 0 Å². The summed E-state index contributed by atoms with van der Waals surface area (Å²) in [7, 11) is 0. The fourth-order valence-corrected chi connectivity index (χ4v) is 3.51. The van der Waals surface area contributed by atoms with Crippen molar-refractivity contribution in [1.29, 1.82) is 0 Å². The normalized spacial score (nSPS) is 57.7. The highest BCUT2D eigenvalue weighted by Crippen LogP contribution is 2.81. The van der Waals surface area contributed by atoms with Gasteiger partial charge in [-0.15, -0.1) is 0 Å². The monoisotopic (exact) mass is 122 g/mol. The Morgan fingerprint density at radius 3 is 2.33 bits per heavy atom. The van der Waals surface area contributed by atoms with Crippen LogP contribution in [-0.2, 0) is 0 Å². The molecule has 0 heteroatoms. The summed E-state index contributed by atoms with van der Waals surface area (Å²) >= 11 is 0. The number of hydrogen-bond donors (Lipinski definition) is 0. The van der Waals surface area contributed by atoms with E-state index in [0.717, 1.165) is 11.3 Å². The fourth-order valence-electron chi connectivity index (χ4n) is 3.51. The van der Waals surface area contributed by atoms with Crippen LogP contribution in [0.15, 0.2) is 0 Å². The second kappa shape index (κ2) is 1.09. The van der Waals surface area contributed by atoms with Crippen LogP contribution >= 0.6 is 0 Å². The summed E-state index contributed by atoms with van der Waals surface area (Å²) in [6, 6.07) is 0. The maximum Gasteiger partial charge on any atom is -0.0232 e. The van der Waals surface area contributed by atoms with Crippen molar-refractivity contribution >= 4 is 0 Å². The van der Waals surface area contributed by atoms with E-state index in [-0.39, 0.29) is 0 Å². The molecule has 0 aromatic carbocycles. The molecule has 0 aliphatic heterocycles. The van der Waals surface area contributed by atoms with Gasteiger partial charge in [-0.2, -0.15) is 0 Å². The van der Waals surface area contributed by atoms with E-state index in [1.54, 1.807) is 19.3 Å². The molecule has 1 spiro atoms. The maximum atomic E-state index is 2.46. The van der Waals surface area contributed by atoms with Crippen LogP contribution in [0.4, 0.5) is 0 Å². The van der Waals surface area contributed by atoms with Gasteiger partial charge in [-0.05, 0) is 42.4 Å². The van der Waals surface area contributed by atoms with E-state index in [1.807, 2.05) is 0 Å². The van der Waals surface area contributed by atoms with Crippen molar-refractivity contribution in [2.45, 2.75) is 32.6 Å². The van der Waals surface area contributed by atoms with E-state index in [4.69, 9.17) is 0 Å². The molecule has 3 aliphatic carbocycles. The third-order valence-electron chi connectivity index (χ3n) is 4.10. The van der Waals surface area contributed by atoms with Crippen LogP contribution in [0.3, 0.4) is 0 Å².